The van der Waals surface area contributed by atoms with Crippen LogP contribution in [0.4, 0.5) is 10.1 Å². The number of benzene rings is 2. The second-order valence-corrected chi connectivity index (χ2v) is 8.14. The molecule has 1 aliphatic rings. The minimum Gasteiger partial charge on any atom is -0.381 e. The van der Waals surface area contributed by atoms with Crippen LogP contribution in [0.25, 0.3) is 0 Å². The van der Waals surface area contributed by atoms with Crippen LogP contribution in [-0.2, 0) is 14.8 Å². The number of nitrogens with zero attached hydrogens (tertiary/aromatic N) is 1. The molecule has 0 aromatic heterocycles. The van der Waals surface area contributed by atoms with E-state index in [1.165, 1.54) is 36.4 Å². The van der Waals surface area contributed by atoms with Crippen LogP contribution in [-0.4, -0.2) is 34.1 Å². The van der Waals surface area contributed by atoms with E-state index < -0.39 is 21.7 Å². The Morgan fingerprint density at radius 2 is 2.11 bits per heavy atom. The molecule has 3 rings (SSSR count). The van der Waals surface area contributed by atoms with Crippen molar-refractivity contribution in [2.45, 2.75) is 11.3 Å². The molecule has 0 radical (unpaired) electrons. The van der Waals surface area contributed by atoms with Crippen LogP contribution in [0.2, 0.25) is 0 Å². The van der Waals surface area contributed by atoms with Gasteiger partial charge in [-0.25, -0.2) is 17.5 Å². The summed E-state index contributed by atoms with van der Waals surface area (Å²) in [6, 6.07) is 10.9. The molecule has 1 amide bonds. The van der Waals surface area contributed by atoms with Gasteiger partial charge < -0.3 is 10.1 Å². The van der Waals surface area contributed by atoms with E-state index in [1.54, 1.807) is 6.07 Å². The number of sulfonamides is 1. The lowest BCUT2D eigenvalue weighted by molar-refractivity contribution is 0.102. The van der Waals surface area contributed by atoms with Crippen LogP contribution < -0.4 is 10.0 Å². The van der Waals surface area contributed by atoms with Crippen molar-refractivity contribution in [3.8, 4) is 6.07 Å². The van der Waals surface area contributed by atoms with Crippen molar-refractivity contribution in [1.82, 2.24) is 4.72 Å². The molecule has 0 bridgehead atoms. The Hall–Kier alpha value is -2.80. The first-order valence-electron chi connectivity index (χ1n) is 8.57. The summed E-state index contributed by atoms with van der Waals surface area (Å²) < 4.78 is 46.1. The molecular weight excluding hydrogens is 385 g/mol. The fourth-order valence-electron chi connectivity index (χ4n) is 2.75. The van der Waals surface area contributed by atoms with Gasteiger partial charge in [-0.1, -0.05) is 6.07 Å². The smallest absolute Gasteiger partial charge is 0.255 e. The Labute approximate surface area is 162 Å². The molecule has 28 heavy (non-hydrogen) atoms. The number of carbonyl (C=O) groups is 1. The predicted octanol–water partition coefficient (Wildman–Crippen LogP) is 2.26. The topological polar surface area (TPSA) is 108 Å². The molecule has 0 spiro atoms. The standard InChI is InChI=1S/C19H18FN3O4S/c20-18-5-4-16(8-15(18)10-21)23-19(24)14-2-1-3-17(9-14)28(25,26)22-11-13-6-7-27-12-13/h1-5,8-9,13,22H,6-7,11-12H2,(H,23,24). The lowest BCUT2D eigenvalue weighted by Gasteiger charge is -2.11. The van der Waals surface area contributed by atoms with E-state index in [-0.39, 0.29) is 34.2 Å². The van der Waals surface area contributed by atoms with E-state index in [0.29, 0.717) is 13.2 Å². The van der Waals surface area contributed by atoms with Gasteiger partial charge in [-0.2, -0.15) is 5.26 Å². The van der Waals surface area contributed by atoms with Crippen LogP contribution in [0.5, 0.6) is 0 Å². The average Bonchev–Trinajstić information content (AvgIpc) is 3.22. The van der Waals surface area contributed by atoms with Crippen molar-refractivity contribution in [1.29, 1.82) is 5.26 Å². The van der Waals surface area contributed by atoms with Gasteiger partial charge >= 0.3 is 0 Å². The van der Waals surface area contributed by atoms with Crippen molar-refractivity contribution in [3.05, 3.63) is 59.4 Å². The number of carbonyl (C=O) groups excluding carboxylic acids is 1. The van der Waals surface area contributed by atoms with E-state index in [4.69, 9.17) is 10.00 Å². The van der Waals surface area contributed by atoms with Crippen LogP contribution in [0.15, 0.2) is 47.4 Å². The minimum absolute atomic E-state index is 0.0316. The number of nitrogens with one attached hydrogen (secondary N) is 2. The Bertz CT molecular complexity index is 1030. The fourth-order valence-corrected chi connectivity index (χ4v) is 3.91. The molecule has 2 aromatic carbocycles. The van der Waals surface area contributed by atoms with Gasteiger partial charge in [0.15, 0.2) is 0 Å². The zero-order valence-corrected chi connectivity index (χ0v) is 15.6. The molecule has 1 heterocycles. The predicted molar refractivity (Wildman–Crippen MR) is 99.6 cm³/mol. The summed E-state index contributed by atoms with van der Waals surface area (Å²) in [5.41, 5.74) is 0.152. The van der Waals surface area contributed by atoms with Crippen molar-refractivity contribution in [2.75, 3.05) is 25.1 Å². The summed E-state index contributed by atoms with van der Waals surface area (Å²) >= 11 is 0. The molecule has 9 heteroatoms. The second kappa shape index (κ2) is 8.48. The maximum atomic E-state index is 13.4. The molecule has 0 saturated carbocycles. The lowest BCUT2D eigenvalue weighted by Crippen LogP contribution is -2.29. The zero-order valence-electron chi connectivity index (χ0n) is 14.8. The SMILES string of the molecule is N#Cc1cc(NC(=O)c2cccc(S(=O)(=O)NCC3CCOC3)c2)ccc1F. The third-order valence-electron chi connectivity index (χ3n) is 4.34. The summed E-state index contributed by atoms with van der Waals surface area (Å²) in [5, 5.41) is 11.4. The van der Waals surface area contributed by atoms with Gasteiger partial charge in [0.1, 0.15) is 11.9 Å². The number of anilines is 1. The third kappa shape index (κ3) is 4.72. The Morgan fingerprint density at radius 1 is 1.29 bits per heavy atom. The maximum Gasteiger partial charge on any atom is 0.255 e. The normalized spacial score (nSPS) is 16.5. The number of ether oxygens (including phenoxy) is 1. The molecular formula is C19H18FN3O4S. The number of hydrogen-bond donors (Lipinski definition) is 2. The number of rotatable bonds is 6. The van der Waals surface area contributed by atoms with E-state index in [0.717, 1.165) is 12.5 Å². The van der Waals surface area contributed by atoms with Gasteiger partial charge in [-0.3, -0.25) is 4.79 Å². The highest BCUT2D eigenvalue weighted by molar-refractivity contribution is 7.89. The summed E-state index contributed by atoms with van der Waals surface area (Å²) in [6.45, 7) is 1.41. The Morgan fingerprint density at radius 3 is 2.82 bits per heavy atom. The van der Waals surface area contributed by atoms with E-state index in [2.05, 4.69) is 10.0 Å². The van der Waals surface area contributed by atoms with Gasteiger partial charge in [0.05, 0.1) is 17.1 Å². The van der Waals surface area contributed by atoms with Crippen LogP contribution in [0, 0.1) is 23.1 Å². The second-order valence-electron chi connectivity index (χ2n) is 6.37. The van der Waals surface area contributed by atoms with Gasteiger partial charge in [0.2, 0.25) is 10.0 Å². The summed E-state index contributed by atoms with van der Waals surface area (Å²) in [4.78, 5) is 12.4. The van der Waals surface area contributed by atoms with E-state index >= 15 is 0 Å². The Kier molecular flexibility index (Phi) is 6.04. The van der Waals surface area contributed by atoms with E-state index in [1.807, 2.05) is 0 Å². The van der Waals surface area contributed by atoms with Gasteiger partial charge in [0.25, 0.3) is 5.91 Å². The fraction of sp³-hybridized carbons (Fsp3) is 0.263. The quantitative estimate of drug-likeness (QED) is 0.769. The highest BCUT2D eigenvalue weighted by Gasteiger charge is 2.21. The van der Waals surface area contributed by atoms with Crippen molar-refractivity contribution < 1.29 is 22.3 Å². The molecule has 7 nitrogen and oxygen atoms in total. The number of amides is 1. The lowest BCUT2D eigenvalue weighted by atomic mass is 10.1. The number of halogens is 1. The first kappa shape index (κ1) is 19.9. The van der Waals surface area contributed by atoms with Gasteiger partial charge in [-0.15, -0.1) is 0 Å². The summed E-state index contributed by atoms with van der Waals surface area (Å²) in [6.07, 6.45) is 0.799. The molecule has 1 unspecified atom stereocenters. The average molecular weight is 403 g/mol. The third-order valence-corrected chi connectivity index (χ3v) is 5.76. The molecule has 2 N–H and O–H groups in total. The van der Waals surface area contributed by atoms with Gasteiger partial charge in [0, 0.05) is 24.4 Å². The number of nitriles is 1. The van der Waals surface area contributed by atoms with E-state index in [9.17, 15) is 17.6 Å². The monoisotopic (exact) mass is 403 g/mol. The van der Waals surface area contributed by atoms with Crippen molar-refractivity contribution in [2.24, 2.45) is 5.92 Å². The minimum atomic E-state index is -3.77. The van der Waals surface area contributed by atoms with Gasteiger partial charge in [-0.05, 0) is 48.7 Å². The van der Waals surface area contributed by atoms with Crippen LogP contribution in [0.1, 0.15) is 22.3 Å². The largest absolute Gasteiger partial charge is 0.381 e. The maximum absolute atomic E-state index is 13.4. The van der Waals surface area contributed by atoms with Crippen molar-refractivity contribution in [3.63, 3.8) is 0 Å². The zero-order chi connectivity index (χ0) is 20.1. The van der Waals surface area contributed by atoms with Crippen molar-refractivity contribution >= 4 is 21.6 Å². The van der Waals surface area contributed by atoms with Crippen LogP contribution in [0.3, 0.4) is 0 Å². The molecule has 2 aromatic rings. The highest BCUT2D eigenvalue weighted by atomic mass is 32.2. The molecule has 1 atom stereocenters. The molecule has 0 aliphatic carbocycles. The molecule has 1 aliphatic heterocycles. The molecule has 146 valence electrons. The first-order chi connectivity index (χ1) is 13.4. The molecule has 1 fully saturated rings. The summed E-state index contributed by atoms with van der Waals surface area (Å²) in [5.74, 6) is -1.13. The Balaban J connectivity index is 1.73. The highest BCUT2D eigenvalue weighted by Crippen LogP contribution is 2.18. The molecule has 1 saturated heterocycles. The van der Waals surface area contributed by atoms with Crippen LogP contribution >= 0.6 is 0 Å². The first-order valence-corrected chi connectivity index (χ1v) is 10.1. The summed E-state index contributed by atoms with van der Waals surface area (Å²) in [7, 11) is -3.77. The number of hydrogen-bond acceptors (Lipinski definition) is 5.